The second kappa shape index (κ2) is 4.43. The average Bonchev–Trinajstić information content (AvgIpc) is 2.19. The van der Waals surface area contributed by atoms with Gasteiger partial charge in [0.2, 0.25) is 5.91 Å². The summed E-state index contributed by atoms with van der Waals surface area (Å²) in [5.41, 5.74) is 1.31. The van der Waals surface area contributed by atoms with Crippen LogP contribution in [-0.2, 0) is 4.79 Å². The van der Waals surface area contributed by atoms with Crippen molar-refractivity contribution in [2.75, 3.05) is 5.32 Å². The van der Waals surface area contributed by atoms with Crippen LogP contribution in [0.2, 0.25) is 0 Å². The first-order valence-electron chi connectivity index (χ1n) is 4.42. The molecule has 0 aliphatic carbocycles. The molecule has 1 rings (SSSR count). The van der Waals surface area contributed by atoms with E-state index in [0.29, 0.717) is 5.69 Å². The fourth-order valence-corrected chi connectivity index (χ4v) is 0.906. The Bertz CT molecular complexity index is 360. The molecule has 0 fully saturated rings. The van der Waals surface area contributed by atoms with Gasteiger partial charge in [-0.05, 0) is 12.1 Å². The molecule has 3 heteroatoms. The van der Waals surface area contributed by atoms with Crippen LogP contribution >= 0.6 is 0 Å². The van der Waals surface area contributed by atoms with Gasteiger partial charge in [0.1, 0.15) is 0 Å². The predicted molar refractivity (Wildman–Crippen MR) is 56.2 cm³/mol. The summed E-state index contributed by atoms with van der Waals surface area (Å²) in [6.45, 7) is 10.4. The van der Waals surface area contributed by atoms with E-state index in [0.717, 1.165) is 5.69 Å². The van der Waals surface area contributed by atoms with Crippen molar-refractivity contribution in [3.8, 4) is 0 Å². The standard InChI is InChI=1S/C11H12N2O/c1-8(2)11(14)13-10-6-4-9(12-3)5-7-10/h4-8H,1-2H3,(H,13,14). The van der Waals surface area contributed by atoms with Gasteiger partial charge in [-0.2, -0.15) is 0 Å². The number of nitrogens with zero attached hydrogens (tertiary/aromatic N) is 1. The Labute approximate surface area is 83.6 Å². The molecule has 0 bridgehead atoms. The monoisotopic (exact) mass is 188 g/mol. The van der Waals surface area contributed by atoms with Gasteiger partial charge in [-0.25, -0.2) is 4.85 Å². The first-order valence-corrected chi connectivity index (χ1v) is 4.42. The Morgan fingerprint density at radius 3 is 2.36 bits per heavy atom. The highest BCUT2D eigenvalue weighted by Crippen LogP contribution is 2.16. The maximum absolute atomic E-state index is 11.3. The number of hydrogen-bond donors (Lipinski definition) is 1. The maximum atomic E-state index is 11.3. The molecule has 0 unspecified atom stereocenters. The van der Waals surface area contributed by atoms with E-state index in [2.05, 4.69) is 10.2 Å². The molecule has 0 heterocycles. The lowest BCUT2D eigenvalue weighted by Gasteiger charge is -2.06. The minimum Gasteiger partial charge on any atom is -0.326 e. The van der Waals surface area contributed by atoms with Crippen molar-refractivity contribution in [2.45, 2.75) is 13.8 Å². The number of anilines is 1. The largest absolute Gasteiger partial charge is 0.326 e. The third-order valence-electron chi connectivity index (χ3n) is 1.79. The molecule has 0 spiro atoms. The van der Waals surface area contributed by atoms with Crippen molar-refractivity contribution >= 4 is 17.3 Å². The third kappa shape index (κ3) is 2.60. The van der Waals surface area contributed by atoms with Crippen LogP contribution < -0.4 is 5.32 Å². The van der Waals surface area contributed by atoms with Crippen molar-refractivity contribution in [1.82, 2.24) is 0 Å². The van der Waals surface area contributed by atoms with Gasteiger partial charge in [0.05, 0.1) is 6.57 Å². The van der Waals surface area contributed by atoms with Crippen LogP contribution in [0.5, 0.6) is 0 Å². The normalized spacial score (nSPS) is 9.57. The second-order valence-electron chi connectivity index (χ2n) is 3.30. The minimum atomic E-state index is -0.0319. The van der Waals surface area contributed by atoms with E-state index < -0.39 is 0 Å². The maximum Gasteiger partial charge on any atom is 0.226 e. The van der Waals surface area contributed by atoms with Gasteiger partial charge in [0.25, 0.3) is 0 Å². The molecule has 0 saturated carbocycles. The van der Waals surface area contributed by atoms with Crippen LogP contribution in [0, 0.1) is 12.5 Å². The number of benzene rings is 1. The molecule has 0 aromatic heterocycles. The smallest absolute Gasteiger partial charge is 0.226 e. The number of carbonyl (C=O) groups is 1. The predicted octanol–water partition coefficient (Wildman–Crippen LogP) is 2.83. The third-order valence-corrected chi connectivity index (χ3v) is 1.79. The second-order valence-corrected chi connectivity index (χ2v) is 3.30. The zero-order valence-electron chi connectivity index (χ0n) is 8.24. The van der Waals surface area contributed by atoms with Crippen LogP contribution in [0.4, 0.5) is 11.4 Å². The summed E-state index contributed by atoms with van der Waals surface area (Å²) < 4.78 is 0. The van der Waals surface area contributed by atoms with Gasteiger partial charge in [-0.3, -0.25) is 4.79 Å². The quantitative estimate of drug-likeness (QED) is 0.711. The van der Waals surface area contributed by atoms with E-state index >= 15 is 0 Å². The van der Waals surface area contributed by atoms with Crippen LogP contribution in [0.25, 0.3) is 4.85 Å². The number of amides is 1. The van der Waals surface area contributed by atoms with E-state index in [1.165, 1.54) is 0 Å². The fraction of sp³-hybridized carbons (Fsp3) is 0.273. The van der Waals surface area contributed by atoms with E-state index in [1.54, 1.807) is 24.3 Å². The van der Waals surface area contributed by atoms with E-state index in [1.807, 2.05) is 13.8 Å². The molecule has 0 saturated heterocycles. The molecule has 0 aliphatic rings. The fourth-order valence-electron chi connectivity index (χ4n) is 0.906. The summed E-state index contributed by atoms with van der Waals surface area (Å²) in [6.07, 6.45) is 0. The van der Waals surface area contributed by atoms with Crippen molar-refractivity contribution in [3.63, 3.8) is 0 Å². The Balaban J connectivity index is 2.70. The molecule has 0 aliphatic heterocycles. The van der Waals surface area contributed by atoms with Gasteiger partial charge in [0.15, 0.2) is 5.69 Å². The van der Waals surface area contributed by atoms with Gasteiger partial charge >= 0.3 is 0 Å². The SMILES string of the molecule is [C-]#[N+]c1ccc(NC(=O)C(C)C)cc1. The molecular formula is C11H12N2O. The zero-order valence-corrected chi connectivity index (χ0v) is 8.24. The Morgan fingerprint density at radius 2 is 1.93 bits per heavy atom. The van der Waals surface area contributed by atoms with Gasteiger partial charge in [-0.15, -0.1) is 0 Å². The van der Waals surface area contributed by atoms with E-state index in [-0.39, 0.29) is 11.8 Å². The first-order chi connectivity index (χ1) is 6.63. The van der Waals surface area contributed by atoms with Crippen molar-refractivity contribution in [3.05, 3.63) is 35.7 Å². The van der Waals surface area contributed by atoms with Gasteiger partial charge in [-0.1, -0.05) is 26.0 Å². The lowest BCUT2D eigenvalue weighted by atomic mass is 10.2. The van der Waals surface area contributed by atoms with Crippen LogP contribution in [0.3, 0.4) is 0 Å². The van der Waals surface area contributed by atoms with Crippen LogP contribution in [-0.4, -0.2) is 5.91 Å². The number of nitrogens with one attached hydrogen (secondary N) is 1. The first kappa shape index (κ1) is 10.3. The van der Waals surface area contributed by atoms with Gasteiger partial charge < -0.3 is 5.32 Å². The Kier molecular flexibility index (Phi) is 3.24. The van der Waals surface area contributed by atoms with Crippen molar-refractivity contribution < 1.29 is 4.79 Å². The Hall–Kier alpha value is -1.82. The zero-order chi connectivity index (χ0) is 10.6. The molecule has 1 aromatic rings. The minimum absolute atomic E-state index is 0.0134. The summed E-state index contributed by atoms with van der Waals surface area (Å²) >= 11 is 0. The molecule has 14 heavy (non-hydrogen) atoms. The summed E-state index contributed by atoms with van der Waals surface area (Å²) in [5.74, 6) is -0.0453. The highest BCUT2D eigenvalue weighted by Gasteiger charge is 2.06. The molecule has 1 N–H and O–H groups in total. The number of hydrogen-bond acceptors (Lipinski definition) is 1. The molecule has 0 radical (unpaired) electrons. The lowest BCUT2D eigenvalue weighted by Crippen LogP contribution is -2.17. The molecule has 3 nitrogen and oxygen atoms in total. The van der Waals surface area contributed by atoms with E-state index in [4.69, 9.17) is 6.57 Å². The molecule has 1 amide bonds. The van der Waals surface area contributed by atoms with Gasteiger partial charge in [0, 0.05) is 11.6 Å². The summed E-state index contributed by atoms with van der Waals surface area (Å²) in [6, 6.07) is 6.83. The average molecular weight is 188 g/mol. The number of rotatable bonds is 2. The summed E-state index contributed by atoms with van der Waals surface area (Å²) in [5, 5.41) is 2.75. The summed E-state index contributed by atoms with van der Waals surface area (Å²) in [7, 11) is 0. The summed E-state index contributed by atoms with van der Waals surface area (Å²) in [4.78, 5) is 14.6. The van der Waals surface area contributed by atoms with E-state index in [9.17, 15) is 4.79 Å². The van der Waals surface area contributed by atoms with Crippen molar-refractivity contribution in [2.24, 2.45) is 5.92 Å². The molecule has 1 aromatic carbocycles. The topological polar surface area (TPSA) is 33.5 Å². The molecule has 0 atom stereocenters. The van der Waals surface area contributed by atoms with Crippen LogP contribution in [0.15, 0.2) is 24.3 Å². The van der Waals surface area contributed by atoms with Crippen LogP contribution in [0.1, 0.15) is 13.8 Å². The molecule has 72 valence electrons. The highest BCUT2D eigenvalue weighted by atomic mass is 16.1. The van der Waals surface area contributed by atoms with Crippen molar-refractivity contribution in [1.29, 1.82) is 0 Å². The highest BCUT2D eigenvalue weighted by molar-refractivity contribution is 5.92. The lowest BCUT2D eigenvalue weighted by molar-refractivity contribution is -0.118. The molecular weight excluding hydrogens is 176 g/mol. The Morgan fingerprint density at radius 1 is 1.36 bits per heavy atom. The number of carbonyl (C=O) groups excluding carboxylic acids is 1.